The number of fused-ring (bicyclic) bond motifs is 1. The Balaban J connectivity index is 1.78. The summed E-state index contributed by atoms with van der Waals surface area (Å²) in [6.45, 7) is 5.22. The van der Waals surface area contributed by atoms with Crippen LogP contribution in [-0.4, -0.2) is 15.8 Å². The van der Waals surface area contributed by atoms with Gasteiger partial charge in [0.15, 0.2) is 0 Å². The van der Waals surface area contributed by atoms with Crippen LogP contribution < -0.4 is 5.73 Å². The molecule has 3 heteroatoms. The molecule has 2 atom stereocenters. The summed E-state index contributed by atoms with van der Waals surface area (Å²) in [5, 5.41) is 4.63. The van der Waals surface area contributed by atoms with Crippen LogP contribution in [0.3, 0.4) is 0 Å². The van der Waals surface area contributed by atoms with Gasteiger partial charge in [-0.3, -0.25) is 4.68 Å². The van der Waals surface area contributed by atoms with Crippen molar-refractivity contribution in [3.8, 4) is 0 Å². The van der Waals surface area contributed by atoms with Crippen LogP contribution in [0.1, 0.15) is 48.7 Å². The topological polar surface area (TPSA) is 43.8 Å². The van der Waals surface area contributed by atoms with Crippen molar-refractivity contribution in [2.45, 2.75) is 58.0 Å². The molecular weight excluding hydrogens is 258 g/mol. The average Bonchev–Trinajstić information content (AvgIpc) is 3.10. The maximum atomic E-state index is 6.56. The molecule has 112 valence electrons. The highest BCUT2D eigenvalue weighted by Gasteiger charge is 2.28. The second-order valence-electron chi connectivity index (χ2n) is 6.01. The van der Waals surface area contributed by atoms with Crippen LogP contribution >= 0.6 is 0 Å². The summed E-state index contributed by atoms with van der Waals surface area (Å²) in [5.74, 6) is 0.492. The number of aryl methyl sites for hydroxylation is 3. The zero-order valence-electron chi connectivity index (χ0n) is 13.0. The van der Waals surface area contributed by atoms with Crippen molar-refractivity contribution in [2.75, 3.05) is 0 Å². The molecule has 0 radical (unpaired) electrons. The van der Waals surface area contributed by atoms with Crippen LogP contribution in [0.2, 0.25) is 0 Å². The summed E-state index contributed by atoms with van der Waals surface area (Å²) in [6.07, 6.45) is 4.25. The summed E-state index contributed by atoms with van der Waals surface area (Å²) in [4.78, 5) is 0. The normalized spacial score (nSPS) is 18.7. The fourth-order valence-electron chi connectivity index (χ4n) is 3.54. The van der Waals surface area contributed by atoms with E-state index in [4.69, 9.17) is 5.73 Å². The van der Waals surface area contributed by atoms with E-state index in [2.05, 4.69) is 54.0 Å². The van der Waals surface area contributed by atoms with Crippen LogP contribution in [-0.2, 0) is 25.8 Å². The van der Waals surface area contributed by atoms with Crippen molar-refractivity contribution in [1.82, 2.24) is 9.78 Å². The molecule has 3 rings (SSSR count). The lowest BCUT2D eigenvalue weighted by atomic mass is 9.91. The van der Waals surface area contributed by atoms with Gasteiger partial charge in [0, 0.05) is 24.7 Å². The summed E-state index contributed by atoms with van der Waals surface area (Å²) in [5.41, 5.74) is 12.0. The molecule has 1 aliphatic rings. The van der Waals surface area contributed by atoms with E-state index in [-0.39, 0.29) is 6.04 Å². The van der Waals surface area contributed by atoms with Gasteiger partial charge in [0.05, 0.1) is 5.69 Å². The standard InChI is InChI=1S/C18H25N3/c1-3-14-11-15(21(4-2)20-14)12-18(19)17-10-9-13-7-5-6-8-16(13)17/h5-8,11,17-18H,3-4,9-10,12,19H2,1-2H3. The molecule has 0 saturated heterocycles. The lowest BCUT2D eigenvalue weighted by Gasteiger charge is -2.20. The van der Waals surface area contributed by atoms with E-state index in [9.17, 15) is 0 Å². The smallest absolute Gasteiger partial charge is 0.0624 e. The van der Waals surface area contributed by atoms with Crippen molar-refractivity contribution in [1.29, 1.82) is 0 Å². The summed E-state index contributed by atoms with van der Waals surface area (Å²) in [6, 6.07) is 11.2. The van der Waals surface area contributed by atoms with E-state index in [1.54, 1.807) is 0 Å². The van der Waals surface area contributed by atoms with E-state index in [0.717, 1.165) is 19.4 Å². The van der Waals surface area contributed by atoms with Crippen LogP contribution in [0, 0.1) is 0 Å². The van der Waals surface area contributed by atoms with Crippen LogP contribution in [0.4, 0.5) is 0 Å². The molecule has 1 aromatic heterocycles. The van der Waals surface area contributed by atoms with Gasteiger partial charge in [-0.2, -0.15) is 5.10 Å². The first-order chi connectivity index (χ1) is 10.2. The molecule has 21 heavy (non-hydrogen) atoms. The predicted molar refractivity (Wildman–Crippen MR) is 86.5 cm³/mol. The molecule has 2 aromatic rings. The van der Waals surface area contributed by atoms with Crippen LogP contribution in [0.5, 0.6) is 0 Å². The minimum absolute atomic E-state index is 0.181. The molecule has 1 heterocycles. The van der Waals surface area contributed by atoms with Crippen molar-refractivity contribution in [3.05, 3.63) is 52.8 Å². The second-order valence-corrected chi connectivity index (χ2v) is 6.01. The van der Waals surface area contributed by atoms with Gasteiger partial charge in [0.25, 0.3) is 0 Å². The van der Waals surface area contributed by atoms with Gasteiger partial charge in [-0.15, -0.1) is 0 Å². The number of hydrogen-bond donors (Lipinski definition) is 1. The van der Waals surface area contributed by atoms with Crippen molar-refractivity contribution in [3.63, 3.8) is 0 Å². The predicted octanol–water partition coefficient (Wildman–Crippen LogP) is 3.07. The monoisotopic (exact) mass is 283 g/mol. The van der Waals surface area contributed by atoms with Crippen LogP contribution in [0.15, 0.2) is 30.3 Å². The highest BCUT2D eigenvalue weighted by molar-refractivity contribution is 5.36. The first kappa shape index (κ1) is 14.3. The summed E-state index contributed by atoms with van der Waals surface area (Å²) in [7, 11) is 0. The first-order valence-electron chi connectivity index (χ1n) is 8.11. The minimum Gasteiger partial charge on any atom is -0.327 e. The third kappa shape index (κ3) is 2.75. The molecule has 0 spiro atoms. The lowest BCUT2D eigenvalue weighted by Crippen LogP contribution is -2.30. The lowest BCUT2D eigenvalue weighted by molar-refractivity contribution is 0.500. The van der Waals surface area contributed by atoms with E-state index in [0.29, 0.717) is 5.92 Å². The fourth-order valence-corrected chi connectivity index (χ4v) is 3.54. The number of rotatable bonds is 5. The summed E-state index contributed by atoms with van der Waals surface area (Å²) >= 11 is 0. The Morgan fingerprint density at radius 1 is 1.33 bits per heavy atom. The molecule has 0 amide bonds. The minimum atomic E-state index is 0.181. The zero-order chi connectivity index (χ0) is 14.8. The van der Waals surface area contributed by atoms with Gasteiger partial charge in [-0.1, -0.05) is 31.2 Å². The van der Waals surface area contributed by atoms with E-state index in [1.807, 2.05) is 0 Å². The highest BCUT2D eigenvalue weighted by atomic mass is 15.3. The number of nitrogens with two attached hydrogens (primary N) is 1. The van der Waals surface area contributed by atoms with Gasteiger partial charge in [-0.05, 0) is 49.3 Å². The fraction of sp³-hybridized carbons (Fsp3) is 0.500. The van der Waals surface area contributed by atoms with Gasteiger partial charge >= 0.3 is 0 Å². The molecule has 3 nitrogen and oxygen atoms in total. The van der Waals surface area contributed by atoms with E-state index in [1.165, 1.54) is 35.4 Å². The first-order valence-corrected chi connectivity index (χ1v) is 8.11. The third-order valence-corrected chi connectivity index (χ3v) is 4.72. The maximum Gasteiger partial charge on any atom is 0.0624 e. The highest BCUT2D eigenvalue weighted by Crippen LogP contribution is 2.35. The quantitative estimate of drug-likeness (QED) is 0.916. The molecule has 2 N–H and O–H groups in total. The molecule has 0 bridgehead atoms. The average molecular weight is 283 g/mol. The maximum absolute atomic E-state index is 6.56. The van der Waals surface area contributed by atoms with Crippen molar-refractivity contribution in [2.24, 2.45) is 5.73 Å². The number of benzene rings is 1. The van der Waals surface area contributed by atoms with Gasteiger partial charge in [0.1, 0.15) is 0 Å². The molecule has 1 aromatic carbocycles. The SMILES string of the molecule is CCc1cc(CC(N)C2CCc3ccccc32)n(CC)n1. The van der Waals surface area contributed by atoms with Crippen molar-refractivity contribution >= 4 is 0 Å². The zero-order valence-corrected chi connectivity index (χ0v) is 13.0. The molecule has 0 fully saturated rings. The number of aromatic nitrogens is 2. The largest absolute Gasteiger partial charge is 0.327 e. The second kappa shape index (κ2) is 6.02. The Bertz CT molecular complexity index is 615. The Morgan fingerprint density at radius 3 is 2.90 bits per heavy atom. The molecular formula is C18H25N3. The molecule has 2 unspecified atom stereocenters. The Labute approximate surface area is 127 Å². The number of hydrogen-bond acceptors (Lipinski definition) is 2. The van der Waals surface area contributed by atoms with Gasteiger partial charge < -0.3 is 5.73 Å². The number of nitrogens with zero attached hydrogens (tertiary/aromatic N) is 2. The molecule has 0 aliphatic heterocycles. The van der Waals surface area contributed by atoms with Gasteiger partial charge in [0.2, 0.25) is 0 Å². The van der Waals surface area contributed by atoms with E-state index < -0.39 is 0 Å². The molecule has 1 aliphatic carbocycles. The van der Waals surface area contributed by atoms with Crippen molar-refractivity contribution < 1.29 is 0 Å². The third-order valence-electron chi connectivity index (χ3n) is 4.72. The Morgan fingerprint density at radius 2 is 2.14 bits per heavy atom. The summed E-state index contributed by atoms with van der Waals surface area (Å²) < 4.78 is 2.11. The Hall–Kier alpha value is -1.61. The Kier molecular flexibility index (Phi) is 4.11. The van der Waals surface area contributed by atoms with Gasteiger partial charge in [-0.25, -0.2) is 0 Å². The van der Waals surface area contributed by atoms with Crippen LogP contribution in [0.25, 0.3) is 0 Å². The molecule has 0 saturated carbocycles. The van der Waals surface area contributed by atoms with E-state index >= 15 is 0 Å².